The van der Waals surface area contributed by atoms with E-state index in [1.807, 2.05) is 66.3 Å². The lowest BCUT2D eigenvalue weighted by molar-refractivity contribution is 0.493. The second kappa shape index (κ2) is 9.25. The average Bonchev–Trinajstić information content (AvgIpc) is 3.06. The summed E-state index contributed by atoms with van der Waals surface area (Å²) in [4.78, 5) is 17.9. The molecule has 0 aliphatic heterocycles. The van der Waals surface area contributed by atoms with Gasteiger partial charge in [0.25, 0.3) is 5.56 Å². The highest BCUT2D eigenvalue weighted by molar-refractivity contribution is 7.98. The monoisotopic (exact) mass is 458 g/mol. The average molecular weight is 459 g/mol. The topological polar surface area (TPSA) is 52.7 Å². The number of aromatic nitrogens is 4. The third kappa shape index (κ3) is 4.72. The van der Waals surface area contributed by atoms with Crippen LogP contribution in [0.3, 0.4) is 0 Å². The lowest BCUT2D eigenvalue weighted by Gasteiger charge is -2.13. The molecule has 2 aromatic heterocycles. The summed E-state index contributed by atoms with van der Waals surface area (Å²) >= 11 is 13.6. The zero-order valence-corrected chi connectivity index (χ0v) is 18.7. The van der Waals surface area contributed by atoms with E-state index < -0.39 is 0 Å². The summed E-state index contributed by atoms with van der Waals surface area (Å²) in [6, 6.07) is 15.2. The quantitative estimate of drug-likeness (QED) is 0.267. The number of halogens is 2. The molecule has 4 rings (SSSR count). The van der Waals surface area contributed by atoms with Gasteiger partial charge in [-0.3, -0.25) is 14.0 Å². The Balaban J connectivity index is 1.58. The van der Waals surface area contributed by atoms with E-state index in [9.17, 15) is 4.79 Å². The molecule has 5 nitrogen and oxygen atoms in total. The van der Waals surface area contributed by atoms with E-state index in [1.54, 1.807) is 16.3 Å². The van der Waals surface area contributed by atoms with Crippen LogP contribution in [-0.4, -0.2) is 19.3 Å². The molecule has 0 N–H and O–H groups in total. The molecular weight excluding hydrogens is 439 g/mol. The van der Waals surface area contributed by atoms with Gasteiger partial charge in [0, 0.05) is 30.1 Å². The second-order valence-electron chi connectivity index (χ2n) is 6.96. The Hall–Kier alpha value is -2.28. The summed E-state index contributed by atoms with van der Waals surface area (Å²) < 4.78 is 3.58. The van der Waals surface area contributed by atoms with Crippen molar-refractivity contribution in [2.45, 2.75) is 37.3 Å². The Labute approximate surface area is 188 Å². The molecular formula is C22H20Cl2N4OS. The van der Waals surface area contributed by atoms with Crippen LogP contribution >= 0.6 is 35.0 Å². The summed E-state index contributed by atoms with van der Waals surface area (Å²) in [5, 5.41) is 7.09. The molecule has 0 atom stereocenters. The lowest BCUT2D eigenvalue weighted by atomic mass is 10.2. The molecule has 8 heteroatoms. The van der Waals surface area contributed by atoms with Crippen molar-refractivity contribution in [3.63, 3.8) is 0 Å². The van der Waals surface area contributed by atoms with Gasteiger partial charge < -0.3 is 0 Å². The van der Waals surface area contributed by atoms with Gasteiger partial charge in [-0.05, 0) is 43.2 Å². The molecule has 0 aliphatic rings. The third-order valence-corrected chi connectivity index (χ3v) is 6.43. The van der Waals surface area contributed by atoms with Crippen LogP contribution in [0.15, 0.2) is 64.7 Å². The second-order valence-corrected chi connectivity index (χ2v) is 8.75. The first-order chi connectivity index (χ1) is 14.5. The van der Waals surface area contributed by atoms with Gasteiger partial charge in [0.05, 0.1) is 21.6 Å². The minimum absolute atomic E-state index is 0.0196. The van der Waals surface area contributed by atoms with Crippen molar-refractivity contribution in [2.75, 3.05) is 0 Å². The SMILES string of the molecule is Cc1nn(CCCn2c(SCc3ccc(Cl)cc3)nc3ccccc3c2=O)cc1Cl. The highest BCUT2D eigenvalue weighted by atomic mass is 35.5. The normalized spacial score (nSPS) is 11.3. The molecule has 0 amide bonds. The van der Waals surface area contributed by atoms with Crippen LogP contribution in [0.4, 0.5) is 0 Å². The molecule has 0 bridgehead atoms. The molecule has 0 spiro atoms. The molecule has 0 aliphatic carbocycles. The molecule has 0 radical (unpaired) electrons. The molecule has 154 valence electrons. The smallest absolute Gasteiger partial charge is 0.262 e. The first-order valence-corrected chi connectivity index (χ1v) is 11.3. The predicted octanol–water partition coefficient (Wildman–Crippen LogP) is 5.59. The fourth-order valence-corrected chi connectivity index (χ4v) is 4.44. The maximum Gasteiger partial charge on any atom is 0.262 e. The number of nitrogens with zero attached hydrogens (tertiary/aromatic N) is 4. The maximum absolute atomic E-state index is 13.2. The number of benzene rings is 2. The van der Waals surface area contributed by atoms with Crippen molar-refractivity contribution >= 4 is 45.9 Å². The summed E-state index contributed by atoms with van der Waals surface area (Å²) in [5.41, 5.74) is 2.63. The number of fused-ring (bicyclic) bond motifs is 1. The van der Waals surface area contributed by atoms with Gasteiger partial charge in [-0.15, -0.1) is 0 Å². The van der Waals surface area contributed by atoms with Gasteiger partial charge in [0.1, 0.15) is 0 Å². The first kappa shape index (κ1) is 21.0. The molecule has 4 aromatic rings. The minimum Gasteiger partial charge on any atom is -0.287 e. The van der Waals surface area contributed by atoms with E-state index in [0.717, 1.165) is 17.7 Å². The highest BCUT2D eigenvalue weighted by Crippen LogP contribution is 2.23. The fraction of sp³-hybridized carbons (Fsp3) is 0.227. The number of para-hydroxylation sites is 1. The first-order valence-electron chi connectivity index (χ1n) is 9.57. The number of rotatable bonds is 7. The Morgan fingerprint density at radius 1 is 1.03 bits per heavy atom. The van der Waals surface area contributed by atoms with E-state index in [4.69, 9.17) is 28.2 Å². The van der Waals surface area contributed by atoms with Crippen molar-refractivity contribution < 1.29 is 0 Å². The Morgan fingerprint density at radius 3 is 2.53 bits per heavy atom. The van der Waals surface area contributed by atoms with Crippen LogP contribution in [0, 0.1) is 6.92 Å². The number of aryl methyl sites for hydroxylation is 2. The van der Waals surface area contributed by atoms with Crippen LogP contribution in [0.2, 0.25) is 10.0 Å². The molecule has 30 heavy (non-hydrogen) atoms. The molecule has 0 fully saturated rings. The van der Waals surface area contributed by atoms with E-state index in [2.05, 4.69) is 5.10 Å². The van der Waals surface area contributed by atoms with E-state index >= 15 is 0 Å². The standard InChI is InChI=1S/C22H20Cl2N4OS/c1-15-19(24)13-27(26-15)11-4-12-28-21(29)18-5-2-3-6-20(18)25-22(28)30-14-16-7-9-17(23)10-8-16/h2-3,5-10,13H,4,11-12,14H2,1H3. The number of thioether (sulfide) groups is 1. The van der Waals surface area contributed by atoms with Crippen LogP contribution in [-0.2, 0) is 18.8 Å². The highest BCUT2D eigenvalue weighted by Gasteiger charge is 2.12. The summed E-state index contributed by atoms with van der Waals surface area (Å²) in [7, 11) is 0. The van der Waals surface area contributed by atoms with Crippen molar-refractivity contribution in [1.82, 2.24) is 19.3 Å². The van der Waals surface area contributed by atoms with Gasteiger partial charge in [-0.2, -0.15) is 5.10 Å². The van der Waals surface area contributed by atoms with Crippen LogP contribution in [0.5, 0.6) is 0 Å². The minimum atomic E-state index is -0.0196. The van der Waals surface area contributed by atoms with Crippen molar-refractivity contribution in [2.24, 2.45) is 0 Å². The number of hydrogen-bond donors (Lipinski definition) is 0. The molecule has 0 saturated heterocycles. The summed E-state index contributed by atoms with van der Waals surface area (Å²) in [6.45, 7) is 3.10. The molecule has 2 aromatic carbocycles. The Kier molecular flexibility index (Phi) is 6.46. The van der Waals surface area contributed by atoms with Crippen molar-refractivity contribution in [3.05, 3.63) is 86.4 Å². The van der Waals surface area contributed by atoms with Gasteiger partial charge in [0.2, 0.25) is 0 Å². The summed E-state index contributed by atoms with van der Waals surface area (Å²) in [5.74, 6) is 0.704. The number of hydrogen-bond acceptors (Lipinski definition) is 4. The van der Waals surface area contributed by atoms with Crippen LogP contribution in [0.1, 0.15) is 17.7 Å². The largest absolute Gasteiger partial charge is 0.287 e. The third-order valence-electron chi connectivity index (χ3n) is 4.76. The summed E-state index contributed by atoms with van der Waals surface area (Å²) in [6.07, 6.45) is 2.56. The van der Waals surface area contributed by atoms with Gasteiger partial charge >= 0.3 is 0 Å². The fourth-order valence-electron chi connectivity index (χ4n) is 3.18. The van der Waals surface area contributed by atoms with E-state index in [-0.39, 0.29) is 5.56 Å². The lowest BCUT2D eigenvalue weighted by Crippen LogP contribution is -2.24. The molecule has 0 saturated carbocycles. The van der Waals surface area contributed by atoms with Crippen LogP contribution in [0.25, 0.3) is 10.9 Å². The van der Waals surface area contributed by atoms with Gasteiger partial charge in [-0.1, -0.05) is 59.2 Å². The van der Waals surface area contributed by atoms with Crippen molar-refractivity contribution in [1.29, 1.82) is 0 Å². The Morgan fingerprint density at radius 2 is 1.80 bits per heavy atom. The van der Waals surface area contributed by atoms with Gasteiger partial charge in [0.15, 0.2) is 5.16 Å². The maximum atomic E-state index is 13.2. The Bertz CT molecular complexity index is 1210. The van der Waals surface area contributed by atoms with E-state index in [0.29, 0.717) is 44.9 Å². The van der Waals surface area contributed by atoms with Crippen LogP contribution < -0.4 is 5.56 Å². The van der Waals surface area contributed by atoms with Gasteiger partial charge in [-0.25, -0.2) is 4.98 Å². The van der Waals surface area contributed by atoms with E-state index in [1.165, 1.54) is 0 Å². The van der Waals surface area contributed by atoms with Crippen molar-refractivity contribution in [3.8, 4) is 0 Å². The predicted molar refractivity (Wildman–Crippen MR) is 124 cm³/mol. The molecule has 2 heterocycles. The molecule has 0 unspecified atom stereocenters. The zero-order chi connectivity index (χ0) is 21.1. The zero-order valence-electron chi connectivity index (χ0n) is 16.4.